The third-order valence-electron chi connectivity index (χ3n) is 4.53. The standard InChI is InChI=1S/C23H38N2O5/c1-6-29-21(22(26)27)16-19-9-11-20(12-10-19)30-15-14-25(13-7-8-17(2)3)23(28)24-18(4)5/h9-12,17-18,21H,6-8,13-16H2,1-5H3,(H,24,28)(H,26,27). The fourth-order valence-corrected chi connectivity index (χ4v) is 2.97. The molecule has 1 aromatic rings. The van der Waals surface area contributed by atoms with Gasteiger partial charge in [-0.15, -0.1) is 0 Å². The Bertz CT molecular complexity index is 631. The van der Waals surface area contributed by atoms with Crippen molar-refractivity contribution < 1.29 is 24.2 Å². The molecule has 1 rings (SSSR count). The maximum Gasteiger partial charge on any atom is 0.333 e. The fraction of sp³-hybridized carbons (Fsp3) is 0.652. The van der Waals surface area contributed by atoms with Crippen molar-refractivity contribution in [3.8, 4) is 5.75 Å². The van der Waals surface area contributed by atoms with Crippen LogP contribution in [0.4, 0.5) is 4.79 Å². The molecule has 2 amide bonds. The highest BCUT2D eigenvalue weighted by Crippen LogP contribution is 2.15. The number of carbonyl (C=O) groups is 2. The number of nitrogens with zero attached hydrogens (tertiary/aromatic N) is 1. The van der Waals surface area contributed by atoms with Gasteiger partial charge in [0.25, 0.3) is 0 Å². The lowest BCUT2D eigenvalue weighted by Crippen LogP contribution is -2.45. The van der Waals surface area contributed by atoms with Gasteiger partial charge in [-0.05, 0) is 57.2 Å². The molecule has 0 saturated heterocycles. The summed E-state index contributed by atoms with van der Waals surface area (Å²) in [4.78, 5) is 25.4. The number of carboxylic acid groups (broad SMARTS) is 1. The summed E-state index contributed by atoms with van der Waals surface area (Å²) in [6.07, 6.45) is 1.50. The number of hydrogen-bond donors (Lipinski definition) is 2. The van der Waals surface area contributed by atoms with Crippen molar-refractivity contribution in [1.82, 2.24) is 10.2 Å². The minimum atomic E-state index is -0.964. The van der Waals surface area contributed by atoms with Gasteiger partial charge in [-0.25, -0.2) is 9.59 Å². The van der Waals surface area contributed by atoms with Crippen molar-refractivity contribution in [2.45, 2.75) is 66.0 Å². The topological polar surface area (TPSA) is 88.1 Å². The predicted molar refractivity (Wildman–Crippen MR) is 118 cm³/mol. The second-order valence-electron chi connectivity index (χ2n) is 8.11. The van der Waals surface area contributed by atoms with Crippen LogP contribution in [0, 0.1) is 5.92 Å². The number of urea groups is 1. The van der Waals surface area contributed by atoms with E-state index >= 15 is 0 Å². The number of nitrogens with one attached hydrogen (secondary N) is 1. The van der Waals surface area contributed by atoms with Crippen LogP contribution in [0.1, 0.15) is 53.0 Å². The van der Waals surface area contributed by atoms with Gasteiger partial charge in [-0.2, -0.15) is 0 Å². The van der Waals surface area contributed by atoms with Crippen molar-refractivity contribution in [3.63, 3.8) is 0 Å². The number of carbonyl (C=O) groups excluding carboxylic acids is 1. The highest BCUT2D eigenvalue weighted by Gasteiger charge is 2.18. The number of rotatable bonds is 14. The number of amides is 2. The Labute approximate surface area is 180 Å². The first kappa shape index (κ1) is 25.8. The van der Waals surface area contributed by atoms with Crippen LogP contribution in [0.5, 0.6) is 5.75 Å². The quantitative estimate of drug-likeness (QED) is 0.474. The first-order valence-corrected chi connectivity index (χ1v) is 10.8. The summed E-state index contributed by atoms with van der Waals surface area (Å²) in [6, 6.07) is 7.34. The lowest BCUT2D eigenvalue weighted by atomic mass is 10.1. The molecule has 0 radical (unpaired) electrons. The Morgan fingerprint density at radius 1 is 1.10 bits per heavy atom. The van der Waals surface area contributed by atoms with E-state index in [9.17, 15) is 14.7 Å². The summed E-state index contributed by atoms with van der Waals surface area (Å²) in [5, 5.41) is 12.1. The van der Waals surface area contributed by atoms with Crippen LogP contribution in [-0.2, 0) is 16.0 Å². The lowest BCUT2D eigenvalue weighted by molar-refractivity contribution is -0.149. The summed E-state index contributed by atoms with van der Waals surface area (Å²) in [7, 11) is 0. The van der Waals surface area contributed by atoms with E-state index in [1.807, 2.05) is 38.1 Å². The zero-order valence-electron chi connectivity index (χ0n) is 19.0. The van der Waals surface area contributed by atoms with Crippen molar-refractivity contribution in [2.75, 3.05) is 26.3 Å². The van der Waals surface area contributed by atoms with E-state index < -0.39 is 12.1 Å². The first-order chi connectivity index (χ1) is 14.2. The van der Waals surface area contributed by atoms with Gasteiger partial charge in [0, 0.05) is 25.6 Å². The Morgan fingerprint density at radius 2 is 1.77 bits per heavy atom. The molecule has 0 aliphatic carbocycles. The van der Waals surface area contributed by atoms with E-state index in [0.717, 1.165) is 18.4 Å². The second kappa shape index (κ2) is 13.9. The lowest BCUT2D eigenvalue weighted by Gasteiger charge is -2.24. The molecule has 0 aliphatic rings. The second-order valence-corrected chi connectivity index (χ2v) is 8.11. The maximum atomic E-state index is 12.4. The molecule has 170 valence electrons. The van der Waals surface area contributed by atoms with E-state index in [-0.39, 0.29) is 12.1 Å². The molecule has 0 saturated carbocycles. The largest absolute Gasteiger partial charge is 0.492 e. The van der Waals surface area contributed by atoms with Crippen molar-refractivity contribution in [2.24, 2.45) is 5.92 Å². The molecule has 0 aliphatic heterocycles. The molecule has 0 bridgehead atoms. The first-order valence-electron chi connectivity index (χ1n) is 10.8. The van der Waals surface area contributed by atoms with Gasteiger partial charge in [-0.1, -0.05) is 26.0 Å². The van der Waals surface area contributed by atoms with Crippen molar-refractivity contribution >= 4 is 12.0 Å². The average Bonchev–Trinajstić information content (AvgIpc) is 2.66. The van der Waals surface area contributed by atoms with E-state index in [1.165, 1.54) is 0 Å². The van der Waals surface area contributed by atoms with Gasteiger partial charge in [-0.3, -0.25) is 0 Å². The highest BCUT2D eigenvalue weighted by molar-refractivity contribution is 5.74. The smallest absolute Gasteiger partial charge is 0.333 e. The van der Waals surface area contributed by atoms with Gasteiger partial charge < -0.3 is 24.8 Å². The molecule has 7 heteroatoms. The van der Waals surface area contributed by atoms with Crippen LogP contribution in [0.25, 0.3) is 0 Å². The highest BCUT2D eigenvalue weighted by atomic mass is 16.5. The number of aliphatic carboxylic acids is 1. The van der Waals surface area contributed by atoms with Crippen LogP contribution >= 0.6 is 0 Å². The molecule has 7 nitrogen and oxygen atoms in total. The van der Waals surface area contributed by atoms with Crippen LogP contribution in [0.2, 0.25) is 0 Å². The number of carboxylic acids is 1. The monoisotopic (exact) mass is 422 g/mol. The van der Waals surface area contributed by atoms with Gasteiger partial charge in [0.1, 0.15) is 12.4 Å². The molecule has 2 N–H and O–H groups in total. The number of ether oxygens (including phenoxy) is 2. The Morgan fingerprint density at radius 3 is 2.30 bits per heavy atom. The fourth-order valence-electron chi connectivity index (χ4n) is 2.97. The number of benzene rings is 1. The van der Waals surface area contributed by atoms with Gasteiger partial charge in [0.15, 0.2) is 6.10 Å². The Kier molecular flexibility index (Phi) is 11.9. The van der Waals surface area contributed by atoms with Crippen LogP contribution in [0.3, 0.4) is 0 Å². The predicted octanol–water partition coefficient (Wildman–Crippen LogP) is 3.95. The summed E-state index contributed by atoms with van der Waals surface area (Å²) < 4.78 is 11.1. The van der Waals surface area contributed by atoms with Gasteiger partial charge in [0.2, 0.25) is 0 Å². The van der Waals surface area contributed by atoms with E-state index in [4.69, 9.17) is 9.47 Å². The summed E-state index contributed by atoms with van der Waals surface area (Å²) in [5.74, 6) is 0.334. The molecule has 1 atom stereocenters. The Hall–Kier alpha value is -2.28. The summed E-state index contributed by atoms with van der Waals surface area (Å²) in [5.41, 5.74) is 0.870. The average molecular weight is 423 g/mol. The zero-order valence-corrected chi connectivity index (χ0v) is 19.0. The maximum absolute atomic E-state index is 12.4. The number of hydrogen-bond acceptors (Lipinski definition) is 4. The van der Waals surface area contributed by atoms with Crippen LogP contribution in [-0.4, -0.2) is 60.5 Å². The molecule has 0 aromatic heterocycles. The van der Waals surface area contributed by atoms with Crippen LogP contribution in [0.15, 0.2) is 24.3 Å². The van der Waals surface area contributed by atoms with E-state index in [1.54, 1.807) is 11.8 Å². The molecule has 1 aromatic carbocycles. The Balaban J connectivity index is 2.56. The van der Waals surface area contributed by atoms with Crippen LogP contribution < -0.4 is 10.1 Å². The van der Waals surface area contributed by atoms with Crippen molar-refractivity contribution in [1.29, 1.82) is 0 Å². The van der Waals surface area contributed by atoms with E-state index in [2.05, 4.69) is 19.2 Å². The zero-order chi connectivity index (χ0) is 22.5. The summed E-state index contributed by atoms with van der Waals surface area (Å²) in [6.45, 7) is 12.0. The molecule has 1 unspecified atom stereocenters. The van der Waals surface area contributed by atoms with Crippen molar-refractivity contribution in [3.05, 3.63) is 29.8 Å². The minimum Gasteiger partial charge on any atom is -0.492 e. The molecule has 0 fully saturated rings. The molecular formula is C23H38N2O5. The van der Waals surface area contributed by atoms with Gasteiger partial charge >= 0.3 is 12.0 Å². The SMILES string of the molecule is CCOC(Cc1ccc(OCCN(CCCC(C)C)C(=O)NC(C)C)cc1)C(=O)O. The normalized spacial score (nSPS) is 12.1. The third kappa shape index (κ3) is 10.5. The third-order valence-corrected chi connectivity index (χ3v) is 4.53. The minimum absolute atomic E-state index is 0.0664. The summed E-state index contributed by atoms with van der Waals surface area (Å²) >= 11 is 0. The molecule has 0 heterocycles. The molecular weight excluding hydrogens is 384 g/mol. The molecule has 30 heavy (non-hydrogen) atoms. The molecule has 0 spiro atoms. The van der Waals surface area contributed by atoms with E-state index in [0.29, 0.717) is 44.4 Å². The van der Waals surface area contributed by atoms with Gasteiger partial charge in [0.05, 0.1) is 6.54 Å².